The van der Waals surface area contributed by atoms with Crippen LogP contribution >= 0.6 is 15.9 Å². The number of amides is 2. The summed E-state index contributed by atoms with van der Waals surface area (Å²) in [5, 5.41) is 11.1. The molecular formula is C17H11BrN2O6. The number of imide groups is 1. The maximum atomic E-state index is 12.4. The minimum atomic E-state index is -0.784. The lowest BCUT2D eigenvalue weighted by Crippen LogP contribution is -2.32. The number of nitro groups is 1. The summed E-state index contributed by atoms with van der Waals surface area (Å²) in [6.07, 6.45) is -0.227. The Kier molecular flexibility index (Phi) is 4.81. The predicted molar refractivity (Wildman–Crippen MR) is 92.9 cm³/mol. The van der Waals surface area contributed by atoms with Crippen LogP contribution in [0.15, 0.2) is 46.9 Å². The highest BCUT2D eigenvalue weighted by Crippen LogP contribution is 2.30. The molecule has 1 aliphatic heterocycles. The van der Waals surface area contributed by atoms with Crippen LogP contribution in [0.25, 0.3) is 0 Å². The van der Waals surface area contributed by atoms with Crippen molar-refractivity contribution in [2.45, 2.75) is 6.42 Å². The van der Waals surface area contributed by atoms with E-state index in [9.17, 15) is 24.5 Å². The van der Waals surface area contributed by atoms with E-state index in [1.165, 1.54) is 12.1 Å². The van der Waals surface area contributed by atoms with Crippen LogP contribution < -0.4 is 4.74 Å². The van der Waals surface area contributed by atoms with Gasteiger partial charge in [-0.15, -0.1) is 0 Å². The largest absolute Gasteiger partial charge is 0.426 e. The van der Waals surface area contributed by atoms with Crippen molar-refractivity contribution in [1.29, 1.82) is 0 Å². The second kappa shape index (κ2) is 7.04. The average molecular weight is 419 g/mol. The van der Waals surface area contributed by atoms with Gasteiger partial charge in [0.15, 0.2) is 0 Å². The Morgan fingerprint density at radius 1 is 1.12 bits per heavy atom. The van der Waals surface area contributed by atoms with E-state index in [2.05, 4.69) is 15.9 Å². The molecule has 0 atom stereocenters. The van der Waals surface area contributed by atoms with Gasteiger partial charge in [-0.2, -0.15) is 0 Å². The number of carbonyl (C=O) groups is 3. The van der Waals surface area contributed by atoms with Crippen molar-refractivity contribution in [3.8, 4) is 5.75 Å². The number of carbonyl (C=O) groups excluding carboxylic acids is 3. The number of rotatable bonds is 5. The van der Waals surface area contributed by atoms with Crippen LogP contribution in [0.5, 0.6) is 5.75 Å². The van der Waals surface area contributed by atoms with Crippen LogP contribution in [-0.2, 0) is 4.79 Å². The minimum absolute atomic E-state index is 0.0366. The highest BCUT2D eigenvalue weighted by molar-refractivity contribution is 9.10. The number of benzene rings is 2. The molecule has 0 aliphatic carbocycles. The number of halogens is 1. The van der Waals surface area contributed by atoms with Crippen LogP contribution in [0, 0.1) is 10.1 Å². The first kappa shape index (κ1) is 17.7. The Hall–Kier alpha value is -3.07. The molecule has 0 saturated heterocycles. The zero-order valence-corrected chi connectivity index (χ0v) is 14.8. The Labute approximate surface area is 155 Å². The molecule has 132 valence electrons. The summed E-state index contributed by atoms with van der Waals surface area (Å²) in [6.45, 7) is -0.223. The molecule has 1 aliphatic rings. The van der Waals surface area contributed by atoms with E-state index >= 15 is 0 Å². The number of hydrogen-bond acceptors (Lipinski definition) is 6. The van der Waals surface area contributed by atoms with E-state index in [1.807, 2.05) is 0 Å². The Morgan fingerprint density at radius 2 is 1.81 bits per heavy atom. The summed E-state index contributed by atoms with van der Waals surface area (Å²) in [5.41, 5.74) is -0.713. The van der Waals surface area contributed by atoms with Crippen molar-refractivity contribution in [3.63, 3.8) is 0 Å². The standard InChI is InChI=1S/C17H11BrN2O6/c18-10-4-6-11(7-5-10)26-14(21)8-9-19-16(22)12-2-1-3-13(20(24)25)15(12)17(19)23/h1-7H,8-9H2. The zero-order valence-electron chi connectivity index (χ0n) is 13.2. The SMILES string of the molecule is O=C(CCN1C(=O)c2cccc([N+](=O)[O-])c2C1=O)Oc1ccc(Br)cc1. The van der Waals surface area contributed by atoms with E-state index in [0.29, 0.717) is 5.75 Å². The quantitative estimate of drug-likeness (QED) is 0.243. The normalized spacial score (nSPS) is 12.9. The van der Waals surface area contributed by atoms with Crippen molar-refractivity contribution < 1.29 is 24.0 Å². The Bertz CT molecular complexity index is 925. The molecule has 1 heterocycles. The predicted octanol–water partition coefficient (Wildman–Crippen LogP) is 2.95. The first-order chi connectivity index (χ1) is 12.4. The van der Waals surface area contributed by atoms with Gasteiger partial charge in [0.1, 0.15) is 11.3 Å². The Balaban J connectivity index is 1.69. The number of hydrogen-bond donors (Lipinski definition) is 0. The summed E-state index contributed by atoms with van der Waals surface area (Å²) in [4.78, 5) is 47.8. The number of nitrogens with zero attached hydrogens (tertiary/aromatic N) is 2. The summed E-state index contributed by atoms with van der Waals surface area (Å²) < 4.78 is 5.95. The Morgan fingerprint density at radius 3 is 2.46 bits per heavy atom. The molecule has 0 aromatic heterocycles. The fraction of sp³-hybridized carbons (Fsp3) is 0.118. The van der Waals surface area contributed by atoms with Crippen molar-refractivity contribution in [3.05, 3.63) is 68.2 Å². The topological polar surface area (TPSA) is 107 Å². The lowest BCUT2D eigenvalue weighted by Gasteiger charge is -2.13. The smallest absolute Gasteiger partial charge is 0.312 e. The minimum Gasteiger partial charge on any atom is -0.426 e. The third-order valence-corrected chi connectivity index (χ3v) is 4.29. The second-order valence-electron chi connectivity index (χ2n) is 5.40. The molecule has 8 nitrogen and oxygen atoms in total. The molecule has 2 aromatic carbocycles. The first-order valence-corrected chi connectivity index (χ1v) is 8.27. The van der Waals surface area contributed by atoms with Crippen LogP contribution in [0.4, 0.5) is 5.69 Å². The van der Waals surface area contributed by atoms with Crippen LogP contribution in [0.2, 0.25) is 0 Å². The number of ether oxygens (including phenoxy) is 1. The van der Waals surface area contributed by atoms with Gasteiger partial charge in [0.25, 0.3) is 17.5 Å². The molecular weight excluding hydrogens is 408 g/mol. The third-order valence-electron chi connectivity index (χ3n) is 3.76. The average Bonchev–Trinajstić information content (AvgIpc) is 2.86. The van der Waals surface area contributed by atoms with Gasteiger partial charge >= 0.3 is 5.97 Å². The van der Waals surface area contributed by atoms with Crippen molar-refractivity contribution >= 4 is 39.4 Å². The van der Waals surface area contributed by atoms with Crippen LogP contribution in [0.1, 0.15) is 27.1 Å². The highest BCUT2D eigenvalue weighted by Gasteiger charge is 2.40. The number of nitro benzene ring substituents is 1. The van der Waals surface area contributed by atoms with Crippen molar-refractivity contribution in [1.82, 2.24) is 4.90 Å². The first-order valence-electron chi connectivity index (χ1n) is 7.48. The highest BCUT2D eigenvalue weighted by atomic mass is 79.9. The molecule has 2 aromatic rings. The third kappa shape index (κ3) is 3.33. The maximum Gasteiger partial charge on any atom is 0.312 e. The summed E-state index contributed by atoms with van der Waals surface area (Å²) in [6, 6.07) is 10.4. The molecule has 0 fully saturated rings. The van der Waals surface area contributed by atoms with Gasteiger partial charge in [-0.25, -0.2) is 0 Å². The fourth-order valence-corrected chi connectivity index (χ4v) is 2.82. The fourth-order valence-electron chi connectivity index (χ4n) is 2.56. The molecule has 0 radical (unpaired) electrons. The molecule has 0 spiro atoms. The maximum absolute atomic E-state index is 12.4. The van der Waals surface area contributed by atoms with Gasteiger partial charge in [0, 0.05) is 17.1 Å². The molecule has 0 N–H and O–H groups in total. The molecule has 9 heteroatoms. The van der Waals surface area contributed by atoms with E-state index in [1.54, 1.807) is 24.3 Å². The van der Waals surface area contributed by atoms with Gasteiger partial charge in [0.2, 0.25) is 0 Å². The molecule has 0 bridgehead atoms. The van der Waals surface area contributed by atoms with Gasteiger partial charge < -0.3 is 4.74 Å². The zero-order chi connectivity index (χ0) is 18.8. The number of esters is 1. The summed E-state index contributed by atoms with van der Waals surface area (Å²) >= 11 is 3.26. The molecule has 0 unspecified atom stereocenters. The van der Waals surface area contributed by atoms with Gasteiger partial charge in [-0.1, -0.05) is 22.0 Å². The molecule has 26 heavy (non-hydrogen) atoms. The molecule has 2 amide bonds. The summed E-state index contributed by atoms with van der Waals surface area (Å²) in [5.74, 6) is -1.74. The lowest BCUT2D eigenvalue weighted by molar-refractivity contribution is -0.385. The van der Waals surface area contributed by atoms with Crippen LogP contribution in [0.3, 0.4) is 0 Å². The van der Waals surface area contributed by atoms with E-state index in [-0.39, 0.29) is 24.1 Å². The van der Waals surface area contributed by atoms with Crippen molar-refractivity contribution in [2.24, 2.45) is 0 Å². The lowest BCUT2D eigenvalue weighted by atomic mass is 10.1. The molecule has 0 saturated carbocycles. The van der Waals surface area contributed by atoms with E-state index < -0.39 is 28.4 Å². The van der Waals surface area contributed by atoms with E-state index in [4.69, 9.17) is 4.74 Å². The van der Waals surface area contributed by atoms with Gasteiger partial charge in [-0.3, -0.25) is 29.4 Å². The monoisotopic (exact) mass is 418 g/mol. The van der Waals surface area contributed by atoms with Gasteiger partial charge in [0.05, 0.1) is 16.9 Å². The number of fused-ring (bicyclic) bond motifs is 1. The summed E-state index contributed by atoms with van der Waals surface area (Å²) in [7, 11) is 0. The molecule has 3 rings (SSSR count). The van der Waals surface area contributed by atoms with Gasteiger partial charge in [-0.05, 0) is 30.3 Å². The van der Waals surface area contributed by atoms with Crippen LogP contribution in [-0.4, -0.2) is 34.2 Å². The van der Waals surface area contributed by atoms with Crippen molar-refractivity contribution in [2.75, 3.05) is 6.54 Å². The second-order valence-corrected chi connectivity index (χ2v) is 6.31. The van der Waals surface area contributed by atoms with E-state index in [0.717, 1.165) is 15.4 Å².